The number of aromatic nitrogens is 2. The number of alkyl halides is 3. The number of nitrogens with zero attached hydrogens (tertiary/aromatic N) is 2. The summed E-state index contributed by atoms with van der Waals surface area (Å²) in [6.07, 6.45) is -1.73. The number of ether oxygens (including phenoxy) is 1. The van der Waals surface area contributed by atoms with Crippen LogP contribution in [0.25, 0.3) is 28.0 Å². The Morgan fingerprint density at radius 3 is 2.52 bits per heavy atom. The van der Waals surface area contributed by atoms with Crippen molar-refractivity contribution >= 4 is 22.6 Å². The van der Waals surface area contributed by atoms with E-state index in [0.717, 1.165) is 5.56 Å². The molecule has 0 amide bonds. The van der Waals surface area contributed by atoms with Crippen molar-refractivity contribution in [1.29, 1.82) is 0 Å². The van der Waals surface area contributed by atoms with Crippen LogP contribution in [0.5, 0.6) is 5.75 Å². The van der Waals surface area contributed by atoms with Crippen LogP contribution in [0.4, 0.5) is 18.9 Å². The zero-order chi connectivity index (χ0) is 28.6. The van der Waals surface area contributed by atoms with Gasteiger partial charge in [0.05, 0.1) is 34.4 Å². The van der Waals surface area contributed by atoms with Crippen molar-refractivity contribution in [1.82, 2.24) is 9.78 Å². The molecule has 0 radical (unpaired) electrons. The Balaban J connectivity index is 1.50. The van der Waals surface area contributed by atoms with Gasteiger partial charge < -0.3 is 19.6 Å². The fraction of sp³-hybridized carbons (Fsp3) is 0.138. The zero-order valence-electron chi connectivity index (χ0n) is 21.2. The molecule has 2 N–H and O–H groups in total. The second-order valence-corrected chi connectivity index (χ2v) is 9.14. The molecule has 0 aliphatic carbocycles. The smallest absolute Gasteiger partial charge is 0.478 e. The molecule has 1 atom stereocenters. The molecule has 0 saturated carbocycles. The highest BCUT2D eigenvalue weighted by atomic mass is 19.4. The van der Waals surface area contributed by atoms with Crippen molar-refractivity contribution in [3.8, 4) is 22.8 Å². The molecule has 1 unspecified atom stereocenters. The van der Waals surface area contributed by atoms with Crippen LogP contribution in [-0.4, -0.2) is 27.2 Å². The molecule has 8 nitrogen and oxygen atoms in total. The van der Waals surface area contributed by atoms with Gasteiger partial charge in [-0.1, -0.05) is 18.2 Å². The Morgan fingerprint density at radius 2 is 1.82 bits per heavy atom. The van der Waals surface area contributed by atoms with Crippen LogP contribution in [0.2, 0.25) is 0 Å². The number of fused-ring (bicyclic) bond motifs is 1. The van der Waals surface area contributed by atoms with Gasteiger partial charge in [0.15, 0.2) is 5.43 Å². The lowest BCUT2D eigenvalue weighted by atomic mass is 10.0. The van der Waals surface area contributed by atoms with Crippen LogP contribution in [0.15, 0.2) is 88.3 Å². The lowest BCUT2D eigenvalue weighted by molar-refractivity contribution is -0.274. The molecular formula is C29H22F3N3O5. The van der Waals surface area contributed by atoms with E-state index in [2.05, 4.69) is 15.2 Å². The lowest BCUT2D eigenvalue weighted by Crippen LogP contribution is -2.17. The zero-order valence-corrected chi connectivity index (χ0v) is 21.2. The average molecular weight is 550 g/mol. The largest absolute Gasteiger partial charge is 0.573 e. The van der Waals surface area contributed by atoms with E-state index in [-0.39, 0.29) is 22.5 Å². The van der Waals surface area contributed by atoms with Gasteiger partial charge >= 0.3 is 12.3 Å². The van der Waals surface area contributed by atoms with Gasteiger partial charge in [0.1, 0.15) is 17.1 Å². The van der Waals surface area contributed by atoms with Gasteiger partial charge in [-0.2, -0.15) is 5.10 Å². The third kappa shape index (κ3) is 5.53. The number of hydrogen-bond donors (Lipinski definition) is 2. The van der Waals surface area contributed by atoms with Gasteiger partial charge in [0, 0.05) is 23.5 Å². The number of rotatable bonds is 7. The summed E-state index contributed by atoms with van der Waals surface area (Å²) in [6.45, 7) is 3.69. The normalized spacial score (nSPS) is 12.3. The third-order valence-corrected chi connectivity index (χ3v) is 6.20. The van der Waals surface area contributed by atoms with Crippen molar-refractivity contribution in [3.63, 3.8) is 0 Å². The van der Waals surface area contributed by atoms with E-state index in [1.807, 2.05) is 19.9 Å². The third-order valence-electron chi connectivity index (χ3n) is 6.20. The first-order valence-electron chi connectivity index (χ1n) is 12.1. The van der Waals surface area contributed by atoms with Crippen LogP contribution in [-0.2, 0) is 0 Å². The Bertz CT molecular complexity index is 1780. The second kappa shape index (κ2) is 10.3. The quantitative estimate of drug-likeness (QED) is 0.232. The van der Waals surface area contributed by atoms with Gasteiger partial charge in [0.2, 0.25) is 0 Å². The predicted molar refractivity (Wildman–Crippen MR) is 142 cm³/mol. The molecule has 2 aromatic heterocycles. The Kier molecular flexibility index (Phi) is 6.80. The number of halogens is 3. The first kappa shape index (κ1) is 26.5. The van der Waals surface area contributed by atoms with E-state index in [4.69, 9.17) is 4.42 Å². The standard InChI is InChI=1S/C29H22F3N3O5/c1-16-11-22(17(2)34-24-6-4-3-5-21(24)28(37)38)27-23(12-16)25(36)13-26(39-27)18-14-33-35(15-18)19-7-9-20(10-8-19)40-29(30,31)32/h3-15,17,34H,1-2H3,(H,37,38). The summed E-state index contributed by atoms with van der Waals surface area (Å²) in [5.74, 6) is -1.19. The second-order valence-electron chi connectivity index (χ2n) is 9.14. The minimum atomic E-state index is -4.79. The number of aryl methyl sites for hydroxylation is 1. The minimum Gasteiger partial charge on any atom is -0.478 e. The highest BCUT2D eigenvalue weighted by Gasteiger charge is 2.31. The number of carboxylic acid groups (broad SMARTS) is 1. The number of benzene rings is 3. The van der Waals surface area contributed by atoms with Gasteiger partial charge in [-0.25, -0.2) is 9.48 Å². The summed E-state index contributed by atoms with van der Waals surface area (Å²) in [4.78, 5) is 24.8. The molecule has 0 saturated heterocycles. The maximum Gasteiger partial charge on any atom is 0.573 e. The molecule has 3 aromatic carbocycles. The molecule has 0 aliphatic heterocycles. The molecular weight excluding hydrogens is 527 g/mol. The number of carboxylic acids is 1. The van der Waals surface area contributed by atoms with E-state index >= 15 is 0 Å². The lowest BCUT2D eigenvalue weighted by Gasteiger charge is -2.19. The molecule has 5 rings (SSSR count). The van der Waals surface area contributed by atoms with Crippen molar-refractivity contribution < 1.29 is 32.2 Å². The maximum atomic E-state index is 13.1. The van der Waals surface area contributed by atoms with E-state index < -0.39 is 18.4 Å². The van der Waals surface area contributed by atoms with E-state index in [1.54, 1.807) is 30.5 Å². The Hall–Kier alpha value is -5.06. The Labute approximate surface area is 225 Å². The number of aromatic carboxylic acids is 1. The average Bonchev–Trinajstić information content (AvgIpc) is 3.39. The van der Waals surface area contributed by atoms with E-state index in [0.29, 0.717) is 33.5 Å². The van der Waals surface area contributed by atoms with Gasteiger partial charge in [-0.15, -0.1) is 13.2 Å². The molecule has 2 heterocycles. The van der Waals surface area contributed by atoms with Crippen molar-refractivity contribution in [2.45, 2.75) is 26.3 Å². The monoisotopic (exact) mass is 549 g/mol. The van der Waals surface area contributed by atoms with Crippen molar-refractivity contribution in [3.05, 3.63) is 106 Å². The van der Waals surface area contributed by atoms with Crippen LogP contribution in [0.1, 0.15) is 34.5 Å². The van der Waals surface area contributed by atoms with Gasteiger partial charge in [0.25, 0.3) is 0 Å². The van der Waals surface area contributed by atoms with Crippen molar-refractivity contribution in [2.75, 3.05) is 5.32 Å². The minimum absolute atomic E-state index is 0.110. The summed E-state index contributed by atoms with van der Waals surface area (Å²) in [5.41, 5.74) is 3.01. The fourth-order valence-electron chi connectivity index (χ4n) is 4.40. The number of anilines is 1. The SMILES string of the molecule is Cc1cc(C(C)Nc2ccccc2C(=O)O)c2oc(-c3cnn(-c4ccc(OC(F)(F)F)cc4)c3)cc(=O)c2c1. The Morgan fingerprint density at radius 1 is 1.10 bits per heavy atom. The molecule has 11 heteroatoms. The van der Waals surface area contributed by atoms with Crippen LogP contribution >= 0.6 is 0 Å². The van der Waals surface area contributed by atoms with Gasteiger partial charge in [-0.3, -0.25) is 4.79 Å². The number of nitrogens with one attached hydrogen (secondary N) is 1. The van der Waals surface area contributed by atoms with Crippen LogP contribution in [0.3, 0.4) is 0 Å². The summed E-state index contributed by atoms with van der Waals surface area (Å²) < 4.78 is 48.9. The van der Waals surface area contributed by atoms with Crippen LogP contribution in [0, 0.1) is 6.92 Å². The molecule has 5 aromatic rings. The molecule has 40 heavy (non-hydrogen) atoms. The molecule has 0 fully saturated rings. The molecule has 0 bridgehead atoms. The number of para-hydroxylation sites is 1. The number of carbonyl (C=O) groups is 1. The highest BCUT2D eigenvalue weighted by Crippen LogP contribution is 2.32. The van der Waals surface area contributed by atoms with E-state index in [9.17, 15) is 27.9 Å². The van der Waals surface area contributed by atoms with Crippen molar-refractivity contribution in [2.24, 2.45) is 0 Å². The van der Waals surface area contributed by atoms with Crippen LogP contribution < -0.4 is 15.5 Å². The molecule has 0 spiro atoms. The maximum absolute atomic E-state index is 13.1. The summed E-state index contributed by atoms with van der Waals surface area (Å²) in [6, 6.07) is 16.2. The predicted octanol–water partition coefficient (Wildman–Crippen LogP) is 6.72. The highest BCUT2D eigenvalue weighted by molar-refractivity contribution is 5.94. The van der Waals surface area contributed by atoms with Gasteiger partial charge in [-0.05, 0) is 61.9 Å². The summed E-state index contributed by atoms with van der Waals surface area (Å²) in [5, 5.41) is 17.4. The molecule has 0 aliphatic rings. The fourth-order valence-corrected chi connectivity index (χ4v) is 4.40. The summed E-state index contributed by atoms with van der Waals surface area (Å²) in [7, 11) is 0. The summed E-state index contributed by atoms with van der Waals surface area (Å²) >= 11 is 0. The first-order valence-corrected chi connectivity index (χ1v) is 12.1. The molecule has 204 valence electrons. The number of hydrogen-bond acceptors (Lipinski definition) is 6. The first-order chi connectivity index (χ1) is 19.0. The van der Waals surface area contributed by atoms with E-state index in [1.165, 1.54) is 47.3 Å². The topological polar surface area (TPSA) is 107 Å².